The van der Waals surface area contributed by atoms with Gasteiger partial charge in [0, 0.05) is 25.2 Å². The van der Waals surface area contributed by atoms with Crippen LogP contribution in [-0.2, 0) is 19.6 Å². The Kier molecular flexibility index (Phi) is 9.53. The van der Waals surface area contributed by atoms with Crippen LogP contribution in [0.25, 0.3) is 10.8 Å². The second-order valence-electron chi connectivity index (χ2n) is 9.93. The molecule has 0 heterocycles. The van der Waals surface area contributed by atoms with Gasteiger partial charge in [-0.05, 0) is 72.2 Å². The van der Waals surface area contributed by atoms with Gasteiger partial charge >= 0.3 is 0 Å². The van der Waals surface area contributed by atoms with Crippen LogP contribution >= 0.6 is 0 Å². The highest BCUT2D eigenvalue weighted by Crippen LogP contribution is 2.21. The second kappa shape index (κ2) is 13.4. The normalized spacial score (nSPS) is 10.9. The second-order valence-corrected chi connectivity index (χ2v) is 9.93. The number of rotatable bonds is 12. The first-order valence-corrected chi connectivity index (χ1v) is 13.1. The van der Waals surface area contributed by atoms with E-state index in [-0.39, 0.29) is 11.9 Å². The van der Waals surface area contributed by atoms with Crippen molar-refractivity contribution in [2.24, 2.45) is 16.5 Å². The molecule has 0 saturated heterocycles. The Bertz CT molecular complexity index is 1390. The van der Waals surface area contributed by atoms with Crippen molar-refractivity contribution in [3.63, 3.8) is 0 Å². The van der Waals surface area contributed by atoms with Gasteiger partial charge in [-0.15, -0.1) is 0 Å². The Morgan fingerprint density at radius 3 is 2.05 bits per heavy atom. The van der Waals surface area contributed by atoms with Crippen LogP contribution in [0.15, 0.2) is 96.0 Å². The number of fused-ring (bicyclic) bond motifs is 1. The molecule has 7 heteroatoms. The van der Waals surface area contributed by atoms with Crippen molar-refractivity contribution in [1.29, 1.82) is 0 Å². The van der Waals surface area contributed by atoms with Gasteiger partial charge in [0.25, 0.3) is 5.91 Å². The average molecular weight is 524 g/mol. The van der Waals surface area contributed by atoms with Crippen molar-refractivity contribution in [3.8, 4) is 5.75 Å². The number of carbonyl (C=O) groups excluding carboxylic acids is 1. The summed E-state index contributed by atoms with van der Waals surface area (Å²) in [6, 6.07) is 30.0. The standard InChI is InChI=1S/C32H37N5O2/c1-36(2)18-5-19-39-30-16-12-26(13-17-30)23-37(22-25-10-8-24(9-11-25)21-35-32(33)34)31(38)29-15-14-27-6-3-4-7-28(27)20-29/h3-4,6-17,20H,5,18-19,21-23H2,1-2H3,(H4,33,34,35). The van der Waals surface area contributed by atoms with Gasteiger partial charge in [0.2, 0.25) is 0 Å². The smallest absolute Gasteiger partial charge is 0.254 e. The molecule has 0 aliphatic heterocycles. The molecule has 202 valence electrons. The predicted molar refractivity (Wildman–Crippen MR) is 159 cm³/mol. The fourth-order valence-corrected chi connectivity index (χ4v) is 4.34. The molecule has 4 aromatic carbocycles. The van der Waals surface area contributed by atoms with E-state index in [4.69, 9.17) is 16.2 Å². The molecule has 0 bridgehead atoms. The van der Waals surface area contributed by atoms with Crippen LogP contribution in [0.3, 0.4) is 0 Å². The number of guanidine groups is 1. The van der Waals surface area contributed by atoms with Gasteiger partial charge in [0.05, 0.1) is 13.2 Å². The van der Waals surface area contributed by atoms with Crippen molar-refractivity contribution in [1.82, 2.24) is 9.80 Å². The predicted octanol–water partition coefficient (Wildman–Crippen LogP) is 4.79. The summed E-state index contributed by atoms with van der Waals surface area (Å²) < 4.78 is 5.88. The van der Waals surface area contributed by atoms with Gasteiger partial charge in [-0.3, -0.25) is 4.79 Å². The lowest BCUT2D eigenvalue weighted by atomic mass is 10.1. The van der Waals surface area contributed by atoms with E-state index in [9.17, 15) is 4.79 Å². The summed E-state index contributed by atoms with van der Waals surface area (Å²) in [4.78, 5) is 21.9. The third kappa shape index (κ3) is 8.32. The highest BCUT2D eigenvalue weighted by atomic mass is 16.5. The van der Waals surface area contributed by atoms with E-state index in [0.29, 0.717) is 31.8 Å². The summed E-state index contributed by atoms with van der Waals surface area (Å²) in [5.74, 6) is 0.881. The molecule has 0 radical (unpaired) electrons. The third-order valence-corrected chi connectivity index (χ3v) is 6.44. The maximum Gasteiger partial charge on any atom is 0.254 e. The lowest BCUT2D eigenvalue weighted by molar-refractivity contribution is 0.0730. The van der Waals surface area contributed by atoms with Crippen molar-refractivity contribution in [3.05, 3.63) is 113 Å². The molecular formula is C32H37N5O2. The number of benzene rings is 4. The van der Waals surface area contributed by atoms with Crippen molar-refractivity contribution < 1.29 is 9.53 Å². The van der Waals surface area contributed by atoms with Gasteiger partial charge < -0.3 is 26.0 Å². The zero-order valence-electron chi connectivity index (χ0n) is 22.7. The molecule has 4 N–H and O–H groups in total. The van der Waals surface area contributed by atoms with Crippen LogP contribution in [0, 0.1) is 0 Å². The maximum absolute atomic E-state index is 13.8. The fraction of sp³-hybridized carbons (Fsp3) is 0.250. The van der Waals surface area contributed by atoms with Crippen molar-refractivity contribution in [2.45, 2.75) is 26.1 Å². The Morgan fingerprint density at radius 2 is 1.41 bits per heavy atom. The Labute approximate surface area is 230 Å². The third-order valence-electron chi connectivity index (χ3n) is 6.44. The quantitative estimate of drug-likeness (QED) is 0.158. The van der Waals surface area contributed by atoms with E-state index < -0.39 is 0 Å². The average Bonchev–Trinajstić information content (AvgIpc) is 2.94. The van der Waals surface area contributed by atoms with Crippen LogP contribution in [-0.4, -0.2) is 48.9 Å². The van der Waals surface area contributed by atoms with Gasteiger partial charge in [-0.25, -0.2) is 4.99 Å². The zero-order valence-corrected chi connectivity index (χ0v) is 22.7. The molecular weight excluding hydrogens is 486 g/mol. The number of aliphatic imine (C=N–C) groups is 1. The van der Waals surface area contributed by atoms with Crippen molar-refractivity contribution in [2.75, 3.05) is 27.2 Å². The minimum atomic E-state index is -0.0191. The van der Waals surface area contributed by atoms with E-state index in [1.165, 1.54) is 0 Å². The minimum absolute atomic E-state index is 0.0191. The van der Waals surface area contributed by atoms with E-state index >= 15 is 0 Å². The lowest BCUT2D eigenvalue weighted by Gasteiger charge is -2.24. The van der Waals surface area contributed by atoms with Crippen LogP contribution in [0.1, 0.15) is 33.5 Å². The monoisotopic (exact) mass is 523 g/mol. The number of carbonyl (C=O) groups is 1. The first kappa shape index (κ1) is 27.7. The van der Waals surface area contributed by atoms with Gasteiger partial charge in [-0.1, -0.05) is 66.7 Å². The van der Waals surface area contributed by atoms with Crippen LogP contribution < -0.4 is 16.2 Å². The SMILES string of the molecule is CN(C)CCCOc1ccc(CN(Cc2ccc(CN=C(N)N)cc2)C(=O)c2ccc3ccccc3c2)cc1. The molecule has 0 aliphatic rings. The number of ether oxygens (including phenoxy) is 1. The largest absolute Gasteiger partial charge is 0.494 e. The van der Waals surface area contributed by atoms with Crippen LogP contribution in [0.4, 0.5) is 0 Å². The molecule has 0 atom stereocenters. The van der Waals surface area contributed by atoms with Gasteiger partial charge in [0.1, 0.15) is 5.75 Å². The minimum Gasteiger partial charge on any atom is -0.494 e. The number of amides is 1. The zero-order chi connectivity index (χ0) is 27.6. The van der Waals surface area contributed by atoms with Crippen molar-refractivity contribution >= 4 is 22.6 Å². The van der Waals surface area contributed by atoms with E-state index in [0.717, 1.165) is 46.2 Å². The van der Waals surface area contributed by atoms with Gasteiger partial charge in [0.15, 0.2) is 5.96 Å². The molecule has 0 fully saturated rings. The van der Waals surface area contributed by atoms with Crippen LogP contribution in [0.5, 0.6) is 5.75 Å². The highest BCUT2D eigenvalue weighted by molar-refractivity contribution is 5.98. The lowest BCUT2D eigenvalue weighted by Crippen LogP contribution is -2.30. The topological polar surface area (TPSA) is 97.2 Å². The van der Waals surface area contributed by atoms with Crippen LogP contribution in [0.2, 0.25) is 0 Å². The molecule has 0 spiro atoms. The molecule has 4 rings (SSSR count). The number of hydrogen-bond acceptors (Lipinski definition) is 4. The maximum atomic E-state index is 13.8. The molecule has 0 aliphatic carbocycles. The first-order chi connectivity index (χ1) is 18.9. The highest BCUT2D eigenvalue weighted by Gasteiger charge is 2.17. The number of hydrogen-bond donors (Lipinski definition) is 2. The Hall–Kier alpha value is -4.36. The van der Waals surface area contributed by atoms with Gasteiger partial charge in [-0.2, -0.15) is 0 Å². The molecule has 1 amide bonds. The Morgan fingerprint density at radius 1 is 0.795 bits per heavy atom. The molecule has 4 aromatic rings. The summed E-state index contributed by atoms with van der Waals surface area (Å²) in [5.41, 5.74) is 14.6. The molecule has 39 heavy (non-hydrogen) atoms. The van der Waals surface area contributed by atoms with E-state index in [1.54, 1.807) is 0 Å². The van der Waals surface area contributed by atoms with E-state index in [1.807, 2.05) is 89.8 Å². The van der Waals surface area contributed by atoms with E-state index in [2.05, 4.69) is 30.1 Å². The Balaban J connectivity index is 1.51. The summed E-state index contributed by atoms with van der Waals surface area (Å²) in [6.07, 6.45) is 0.966. The summed E-state index contributed by atoms with van der Waals surface area (Å²) in [5, 5.41) is 2.15. The molecule has 0 aromatic heterocycles. The fourth-order valence-electron chi connectivity index (χ4n) is 4.34. The summed E-state index contributed by atoms with van der Waals surface area (Å²) in [7, 11) is 4.11. The number of nitrogens with zero attached hydrogens (tertiary/aromatic N) is 3. The number of nitrogens with two attached hydrogens (primary N) is 2. The molecule has 7 nitrogen and oxygen atoms in total. The molecule has 0 saturated carbocycles. The molecule has 0 unspecified atom stereocenters. The summed E-state index contributed by atoms with van der Waals surface area (Å²) in [6.45, 7) is 3.02. The summed E-state index contributed by atoms with van der Waals surface area (Å²) >= 11 is 0. The first-order valence-electron chi connectivity index (χ1n) is 13.1.